The van der Waals surface area contributed by atoms with Gasteiger partial charge in [0.2, 0.25) is 11.8 Å². The third-order valence-corrected chi connectivity index (χ3v) is 6.98. The number of fused-ring (bicyclic) bond motifs is 1. The lowest BCUT2D eigenvalue weighted by atomic mass is 9.80. The van der Waals surface area contributed by atoms with Gasteiger partial charge in [-0.2, -0.15) is 18.3 Å². The van der Waals surface area contributed by atoms with Crippen molar-refractivity contribution in [1.82, 2.24) is 20.4 Å². The summed E-state index contributed by atoms with van der Waals surface area (Å²) in [4.78, 5) is 39.7. The zero-order valence-corrected chi connectivity index (χ0v) is 21.1. The van der Waals surface area contributed by atoms with Crippen molar-refractivity contribution in [1.29, 1.82) is 0 Å². The highest BCUT2D eigenvalue weighted by atomic mass is 19.4. The molecule has 2 atom stereocenters. The molecule has 13 heteroatoms. The highest BCUT2D eigenvalue weighted by Crippen LogP contribution is 2.34. The van der Waals surface area contributed by atoms with Crippen LogP contribution in [0, 0.1) is 5.82 Å². The van der Waals surface area contributed by atoms with Crippen molar-refractivity contribution in [3.05, 3.63) is 59.5 Å². The number of piperidine rings is 1. The molecule has 3 aromatic rings. The molecule has 1 aliphatic heterocycles. The Balaban J connectivity index is 1.46. The number of alkyl halides is 3. The number of hydrogen-bond acceptors (Lipinski definition) is 5. The Bertz CT molecular complexity index is 1390. The summed E-state index contributed by atoms with van der Waals surface area (Å²) in [6.45, 7) is 1.51. The van der Waals surface area contributed by atoms with E-state index >= 15 is 0 Å². The molecule has 0 radical (unpaired) electrons. The van der Waals surface area contributed by atoms with Gasteiger partial charge in [-0.3, -0.25) is 19.5 Å². The van der Waals surface area contributed by atoms with Crippen molar-refractivity contribution >= 4 is 34.3 Å². The number of likely N-dealkylation sites (tertiary alicyclic amines) is 1. The summed E-state index contributed by atoms with van der Waals surface area (Å²) in [7, 11) is 0. The Kier molecular flexibility index (Phi) is 7.79. The fourth-order valence-electron chi connectivity index (χ4n) is 4.95. The largest absolute Gasteiger partial charge is 0.416 e. The first-order valence-corrected chi connectivity index (χ1v) is 12.4. The molecule has 0 bridgehead atoms. The van der Waals surface area contributed by atoms with Crippen LogP contribution in [0.2, 0.25) is 0 Å². The van der Waals surface area contributed by atoms with E-state index in [-0.39, 0.29) is 19.4 Å². The topological polar surface area (TPSA) is 133 Å². The van der Waals surface area contributed by atoms with Gasteiger partial charge in [0, 0.05) is 23.7 Å². The van der Waals surface area contributed by atoms with Gasteiger partial charge in [0.15, 0.2) is 0 Å². The van der Waals surface area contributed by atoms with Crippen LogP contribution in [0.15, 0.2) is 42.6 Å². The predicted octanol–water partition coefficient (Wildman–Crippen LogP) is 3.58. The van der Waals surface area contributed by atoms with E-state index in [1.807, 2.05) is 19.1 Å². The molecule has 2 aromatic carbocycles. The van der Waals surface area contributed by atoms with Crippen LogP contribution in [0.4, 0.5) is 23.2 Å². The van der Waals surface area contributed by atoms with E-state index in [1.54, 1.807) is 12.3 Å². The zero-order chi connectivity index (χ0) is 28.4. The van der Waals surface area contributed by atoms with Crippen LogP contribution < -0.4 is 16.4 Å². The van der Waals surface area contributed by atoms with Crippen LogP contribution in [0.25, 0.3) is 10.9 Å². The molecule has 0 spiro atoms. The van der Waals surface area contributed by atoms with Gasteiger partial charge in [0.05, 0.1) is 29.4 Å². The van der Waals surface area contributed by atoms with Crippen molar-refractivity contribution in [2.45, 2.75) is 50.4 Å². The van der Waals surface area contributed by atoms with Gasteiger partial charge in [0.1, 0.15) is 11.4 Å². The molecule has 1 aliphatic rings. The van der Waals surface area contributed by atoms with Gasteiger partial charge < -0.3 is 21.3 Å². The number of aromatic amines is 1. The van der Waals surface area contributed by atoms with Crippen LogP contribution >= 0.6 is 0 Å². The highest BCUT2D eigenvalue weighted by molar-refractivity contribution is 5.97. The fraction of sp³-hybridized carbons (Fsp3) is 0.385. The van der Waals surface area contributed by atoms with Crippen molar-refractivity contribution in [3.63, 3.8) is 0 Å². The summed E-state index contributed by atoms with van der Waals surface area (Å²) in [6, 6.07) is 6.53. The molecular formula is C26H28F4N6O3. The van der Waals surface area contributed by atoms with E-state index in [0.717, 1.165) is 10.9 Å². The molecule has 1 fully saturated rings. The molecule has 0 aliphatic carbocycles. The molecule has 0 saturated carbocycles. The van der Waals surface area contributed by atoms with E-state index in [2.05, 4.69) is 20.8 Å². The predicted molar refractivity (Wildman–Crippen MR) is 135 cm³/mol. The quantitative estimate of drug-likeness (QED) is 0.320. The Morgan fingerprint density at radius 1 is 1.21 bits per heavy atom. The fourth-order valence-corrected chi connectivity index (χ4v) is 4.95. The van der Waals surface area contributed by atoms with E-state index in [1.165, 1.54) is 4.90 Å². The van der Waals surface area contributed by atoms with E-state index in [0.29, 0.717) is 36.7 Å². The molecule has 5 N–H and O–H groups in total. The molecule has 1 saturated heterocycles. The van der Waals surface area contributed by atoms with Crippen LogP contribution in [0.5, 0.6) is 0 Å². The molecule has 2 unspecified atom stereocenters. The number of carbonyl (C=O) groups is 3. The lowest BCUT2D eigenvalue weighted by molar-refractivity contribution is -0.138. The third-order valence-electron chi connectivity index (χ3n) is 6.98. The normalized spacial score (nSPS) is 19.6. The maximum absolute atomic E-state index is 14.1. The monoisotopic (exact) mass is 548 g/mol. The first kappa shape index (κ1) is 27.9. The number of amides is 3. The second-order valence-corrected chi connectivity index (χ2v) is 9.60. The van der Waals surface area contributed by atoms with Gasteiger partial charge in [0.25, 0.3) is 5.91 Å². The van der Waals surface area contributed by atoms with Gasteiger partial charge in [-0.25, -0.2) is 4.39 Å². The van der Waals surface area contributed by atoms with E-state index < -0.39 is 59.0 Å². The minimum Gasteiger partial charge on any atom is -0.371 e. The van der Waals surface area contributed by atoms with Crippen LogP contribution in [-0.2, 0) is 15.8 Å². The van der Waals surface area contributed by atoms with Crippen molar-refractivity contribution < 1.29 is 31.9 Å². The number of nitrogens with zero attached hydrogens (tertiary/aromatic N) is 2. The van der Waals surface area contributed by atoms with Gasteiger partial charge in [-0.05, 0) is 55.7 Å². The number of halogens is 4. The molecule has 1 aromatic heterocycles. The number of H-pyrrole nitrogens is 1. The number of carbonyl (C=O) groups excluding carboxylic acids is 3. The number of hydrogen-bond donors (Lipinski definition) is 4. The number of rotatable bonds is 8. The first-order chi connectivity index (χ1) is 18.4. The van der Waals surface area contributed by atoms with Crippen molar-refractivity contribution in [2.75, 3.05) is 18.4 Å². The number of benzene rings is 2. The van der Waals surface area contributed by atoms with Gasteiger partial charge in [-0.1, -0.05) is 13.3 Å². The van der Waals surface area contributed by atoms with Crippen molar-refractivity contribution in [2.24, 2.45) is 5.73 Å². The summed E-state index contributed by atoms with van der Waals surface area (Å²) in [5, 5.41) is 13.2. The standard InChI is InChI=1S/C26H28F4N6O3/c1-2-3-18-12-25(24(31)39,34-17-5-7-21-15(10-17)13-33-35-21)8-9-36(18)22(37)14-32-23(38)19-11-16(26(28,29)30)4-6-20(19)27/h4-7,10-11,13,18,34H,2-3,8-9,12,14H2,1H3,(H2,31,39)(H,32,38)(H,33,35). The molecule has 208 valence electrons. The van der Waals surface area contributed by atoms with Crippen LogP contribution in [-0.4, -0.2) is 57.5 Å². The second kappa shape index (κ2) is 10.9. The van der Waals surface area contributed by atoms with E-state index in [9.17, 15) is 31.9 Å². The highest BCUT2D eigenvalue weighted by Gasteiger charge is 2.45. The second-order valence-electron chi connectivity index (χ2n) is 9.60. The minimum atomic E-state index is -4.76. The average Bonchev–Trinajstić information content (AvgIpc) is 3.35. The lowest BCUT2D eigenvalue weighted by Crippen LogP contribution is -2.62. The minimum absolute atomic E-state index is 0.140. The number of aromatic nitrogens is 2. The molecule has 39 heavy (non-hydrogen) atoms. The summed E-state index contributed by atoms with van der Waals surface area (Å²) >= 11 is 0. The molecule has 4 rings (SSSR count). The van der Waals surface area contributed by atoms with Crippen LogP contribution in [0.1, 0.15) is 48.5 Å². The number of anilines is 1. The van der Waals surface area contributed by atoms with Crippen LogP contribution in [0.3, 0.4) is 0 Å². The van der Waals surface area contributed by atoms with E-state index in [4.69, 9.17) is 5.73 Å². The summed E-state index contributed by atoms with van der Waals surface area (Å²) in [5.74, 6) is -3.36. The smallest absolute Gasteiger partial charge is 0.371 e. The Hall–Kier alpha value is -4.16. The van der Waals surface area contributed by atoms with Gasteiger partial charge >= 0.3 is 6.18 Å². The summed E-state index contributed by atoms with van der Waals surface area (Å²) in [5.41, 5.74) is 4.20. The number of primary amides is 1. The number of nitrogens with one attached hydrogen (secondary N) is 3. The zero-order valence-electron chi connectivity index (χ0n) is 21.1. The Morgan fingerprint density at radius 3 is 2.67 bits per heavy atom. The molecule has 3 amide bonds. The van der Waals surface area contributed by atoms with Crippen molar-refractivity contribution in [3.8, 4) is 0 Å². The SMILES string of the molecule is CCCC1CC(Nc2ccc3[nH]ncc3c2)(C(N)=O)CCN1C(=O)CNC(=O)c1cc(C(F)(F)F)ccc1F. The average molecular weight is 549 g/mol. The Labute approximate surface area is 221 Å². The third kappa shape index (κ3) is 5.96. The summed E-state index contributed by atoms with van der Waals surface area (Å²) < 4.78 is 53.0. The van der Waals surface area contributed by atoms with Gasteiger partial charge in [-0.15, -0.1) is 0 Å². The first-order valence-electron chi connectivity index (χ1n) is 12.4. The Morgan fingerprint density at radius 2 is 1.97 bits per heavy atom. The molecule has 2 heterocycles. The molecule has 9 nitrogen and oxygen atoms in total. The maximum Gasteiger partial charge on any atom is 0.416 e. The number of nitrogens with two attached hydrogens (primary N) is 1. The lowest BCUT2D eigenvalue weighted by Gasteiger charge is -2.46. The maximum atomic E-state index is 14.1. The molecular weight excluding hydrogens is 520 g/mol. The summed E-state index contributed by atoms with van der Waals surface area (Å²) in [6.07, 6.45) is -1.48.